The van der Waals surface area contributed by atoms with E-state index in [0.717, 1.165) is 5.56 Å². The average Bonchev–Trinajstić information content (AvgIpc) is 2.78. The van der Waals surface area contributed by atoms with Crippen LogP contribution in [0.25, 0.3) is 0 Å². The van der Waals surface area contributed by atoms with E-state index in [2.05, 4.69) is 5.32 Å². The SMILES string of the molecule is COC(=O)N1CCC(NC(=O)CCc2ccc(S(=O)(=O)N3CCOCC3)cc2)CC1. The minimum Gasteiger partial charge on any atom is -0.453 e. The van der Waals surface area contributed by atoms with Crippen LogP contribution in [0.15, 0.2) is 29.2 Å². The Morgan fingerprint density at radius 1 is 1.10 bits per heavy atom. The van der Waals surface area contributed by atoms with E-state index in [1.165, 1.54) is 11.4 Å². The molecule has 10 heteroatoms. The molecular weight excluding hydrogens is 410 g/mol. The van der Waals surface area contributed by atoms with Crippen LogP contribution >= 0.6 is 0 Å². The summed E-state index contributed by atoms with van der Waals surface area (Å²) in [5, 5.41) is 3.01. The normalized spacial score (nSPS) is 18.8. The maximum Gasteiger partial charge on any atom is 0.409 e. The molecule has 0 bridgehead atoms. The Morgan fingerprint density at radius 2 is 1.73 bits per heavy atom. The van der Waals surface area contributed by atoms with Gasteiger partial charge in [-0.15, -0.1) is 0 Å². The van der Waals surface area contributed by atoms with Gasteiger partial charge in [-0.05, 0) is 37.0 Å². The summed E-state index contributed by atoms with van der Waals surface area (Å²) in [6.45, 7) is 2.68. The van der Waals surface area contributed by atoms with Gasteiger partial charge in [0.05, 0.1) is 25.2 Å². The Morgan fingerprint density at radius 3 is 2.33 bits per heavy atom. The topological polar surface area (TPSA) is 105 Å². The molecular formula is C20H29N3O6S. The Labute approximate surface area is 177 Å². The number of carbonyl (C=O) groups is 2. The molecule has 1 N–H and O–H groups in total. The quantitative estimate of drug-likeness (QED) is 0.709. The van der Waals surface area contributed by atoms with Crippen molar-refractivity contribution in [2.75, 3.05) is 46.5 Å². The number of carbonyl (C=O) groups excluding carboxylic acids is 2. The number of nitrogens with one attached hydrogen (secondary N) is 1. The Balaban J connectivity index is 1.45. The molecule has 0 saturated carbocycles. The van der Waals surface area contributed by atoms with E-state index < -0.39 is 10.0 Å². The number of methoxy groups -OCH3 is 1. The first-order valence-corrected chi connectivity index (χ1v) is 11.6. The van der Waals surface area contributed by atoms with Crippen molar-refractivity contribution < 1.29 is 27.5 Å². The van der Waals surface area contributed by atoms with Crippen LogP contribution in [0.1, 0.15) is 24.8 Å². The fourth-order valence-corrected chi connectivity index (χ4v) is 5.07. The van der Waals surface area contributed by atoms with E-state index in [1.54, 1.807) is 29.2 Å². The molecule has 2 fully saturated rings. The van der Waals surface area contributed by atoms with Crippen LogP contribution < -0.4 is 5.32 Å². The molecule has 0 radical (unpaired) electrons. The number of nitrogens with zero attached hydrogens (tertiary/aromatic N) is 2. The van der Waals surface area contributed by atoms with Crippen LogP contribution in [-0.2, 0) is 30.7 Å². The Bertz CT molecular complexity index is 829. The van der Waals surface area contributed by atoms with Crippen molar-refractivity contribution in [1.29, 1.82) is 0 Å². The number of amides is 2. The Hall–Kier alpha value is -2.17. The highest BCUT2D eigenvalue weighted by molar-refractivity contribution is 7.89. The lowest BCUT2D eigenvalue weighted by Gasteiger charge is -2.31. The van der Waals surface area contributed by atoms with E-state index in [9.17, 15) is 18.0 Å². The zero-order valence-electron chi connectivity index (χ0n) is 17.2. The highest BCUT2D eigenvalue weighted by Gasteiger charge is 2.26. The third kappa shape index (κ3) is 5.71. The molecule has 2 saturated heterocycles. The molecule has 9 nitrogen and oxygen atoms in total. The molecule has 166 valence electrons. The lowest BCUT2D eigenvalue weighted by atomic mass is 10.0. The molecule has 1 aromatic rings. The van der Waals surface area contributed by atoms with Crippen molar-refractivity contribution >= 4 is 22.0 Å². The second-order valence-corrected chi connectivity index (χ2v) is 9.40. The summed E-state index contributed by atoms with van der Waals surface area (Å²) in [7, 11) is -2.14. The number of aryl methyl sites for hydroxylation is 1. The van der Waals surface area contributed by atoms with E-state index >= 15 is 0 Å². The van der Waals surface area contributed by atoms with Crippen molar-refractivity contribution in [2.24, 2.45) is 0 Å². The number of hydrogen-bond donors (Lipinski definition) is 1. The van der Waals surface area contributed by atoms with E-state index in [4.69, 9.17) is 9.47 Å². The minimum absolute atomic E-state index is 0.0449. The summed E-state index contributed by atoms with van der Waals surface area (Å²) >= 11 is 0. The van der Waals surface area contributed by atoms with E-state index in [1.807, 2.05) is 0 Å². The molecule has 0 atom stereocenters. The molecule has 0 aliphatic carbocycles. The largest absolute Gasteiger partial charge is 0.453 e. The van der Waals surface area contributed by atoms with Crippen LogP contribution in [0, 0.1) is 0 Å². The first kappa shape index (κ1) is 22.5. The first-order chi connectivity index (χ1) is 14.4. The van der Waals surface area contributed by atoms with Crippen LogP contribution in [0.4, 0.5) is 4.79 Å². The molecule has 0 unspecified atom stereocenters. The second-order valence-electron chi connectivity index (χ2n) is 7.46. The molecule has 30 heavy (non-hydrogen) atoms. The van der Waals surface area contributed by atoms with E-state index in [0.29, 0.717) is 65.1 Å². The molecule has 1 aromatic carbocycles. The van der Waals surface area contributed by atoms with Crippen molar-refractivity contribution in [3.05, 3.63) is 29.8 Å². The van der Waals surface area contributed by atoms with Crippen molar-refractivity contribution in [2.45, 2.75) is 36.6 Å². The van der Waals surface area contributed by atoms with Crippen LogP contribution in [0.5, 0.6) is 0 Å². The monoisotopic (exact) mass is 439 g/mol. The lowest BCUT2D eigenvalue weighted by Crippen LogP contribution is -2.46. The molecule has 2 amide bonds. The van der Waals surface area contributed by atoms with Gasteiger partial charge in [0.1, 0.15) is 0 Å². The van der Waals surface area contributed by atoms with Gasteiger partial charge in [-0.1, -0.05) is 12.1 Å². The van der Waals surface area contributed by atoms with Gasteiger partial charge in [-0.25, -0.2) is 13.2 Å². The second kappa shape index (κ2) is 10.2. The van der Waals surface area contributed by atoms with Gasteiger partial charge >= 0.3 is 6.09 Å². The number of ether oxygens (including phenoxy) is 2. The fourth-order valence-electron chi connectivity index (χ4n) is 3.66. The highest BCUT2D eigenvalue weighted by atomic mass is 32.2. The predicted octanol–water partition coefficient (Wildman–Crippen LogP) is 0.987. The average molecular weight is 440 g/mol. The third-order valence-electron chi connectivity index (χ3n) is 5.46. The smallest absolute Gasteiger partial charge is 0.409 e. The van der Waals surface area contributed by atoms with Gasteiger partial charge in [0, 0.05) is 38.6 Å². The molecule has 0 aromatic heterocycles. The number of piperidine rings is 1. The zero-order valence-corrected chi connectivity index (χ0v) is 18.0. The van der Waals surface area contributed by atoms with Crippen molar-refractivity contribution in [3.8, 4) is 0 Å². The molecule has 3 rings (SSSR count). The van der Waals surface area contributed by atoms with Gasteiger partial charge in [0.15, 0.2) is 0 Å². The van der Waals surface area contributed by atoms with E-state index in [-0.39, 0.29) is 22.9 Å². The van der Waals surface area contributed by atoms with Gasteiger partial charge < -0.3 is 19.7 Å². The summed E-state index contributed by atoms with van der Waals surface area (Å²) in [4.78, 5) is 25.7. The molecule has 2 heterocycles. The molecule has 2 aliphatic heterocycles. The molecule has 2 aliphatic rings. The standard InChI is InChI=1S/C20H29N3O6S/c1-28-20(25)22-10-8-17(9-11-22)21-19(24)7-4-16-2-5-18(6-3-16)30(26,27)23-12-14-29-15-13-23/h2-3,5-6,17H,4,7-15H2,1H3,(H,21,24). The Kier molecular flexibility index (Phi) is 7.68. The minimum atomic E-state index is -3.50. The predicted molar refractivity (Wildman–Crippen MR) is 109 cm³/mol. The summed E-state index contributed by atoms with van der Waals surface area (Å²) in [6.07, 6.45) is 1.93. The van der Waals surface area contributed by atoms with Crippen molar-refractivity contribution in [1.82, 2.24) is 14.5 Å². The zero-order chi connectivity index (χ0) is 21.6. The van der Waals surface area contributed by atoms with Gasteiger partial charge in [-0.3, -0.25) is 4.79 Å². The highest BCUT2D eigenvalue weighted by Crippen LogP contribution is 2.18. The summed E-state index contributed by atoms with van der Waals surface area (Å²) in [5.41, 5.74) is 0.909. The van der Waals surface area contributed by atoms with Gasteiger partial charge in [0.2, 0.25) is 15.9 Å². The third-order valence-corrected chi connectivity index (χ3v) is 7.38. The summed E-state index contributed by atoms with van der Waals surface area (Å²) < 4.78 is 36.6. The lowest BCUT2D eigenvalue weighted by molar-refractivity contribution is -0.122. The van der Waals surface area contributed by atoms with Crippen LogP contribution in [0.2, 0.25) is 0 Å². The number of sulfonamides is 1. The number of likely N-dealkylation sites (tertiary alicyclic amines) is 1. The number of rotatable bonds is 6. The summed E-state index contributed by atoms with van der Waals surface area (Å²) in [5.74, 6) is -0.0449. The molecule has 0 spiro atoms. The van der Waals surface area contributed by atoms with Gasteiger partial charge in [-0.2, -0.15) is 4.31 Å². The van der Waals surface area contributed by atoms with Gasteiger partial charge in [0.25, 0.3) is 0 Å². The van der Waals surface area contributed by atoms with Crippen LogP contribution in [-0.4, -0.2) is 82.2 Å². The number of morpholine rings is 1. The fraction of sp³-hybridized carbons (Fsp3) is 0.600. The maximum atomic E-state index is 12.6. The van der Waals surface area contributed by atoms with Crippen LogP contribution in [0.3, 0.4) is 0 Å². The number of hydrogen-bond acceptors (Lipinski definition) is 6. The number of benzene rings is 1. The summed E-state index contributed by atoms with van der Waals surface area (Å²) in [6, 6.07) is 6.77. The van der Waals surface area contributed by atoms with Crippen molar-refractivity contribution in [3.63, 3.8) is 0 Å². The maximum absolute atomic E-state index is 12.6. The first-order valence-electron chi connectivity index (χ1n) is 10.2.